The molecule has 7 heteroatoms. The summed E-state index contributed by atoms with van der Waals surface area (Å²) in [5.74, 6) is -0.627. The lowest BCUT2D eigenvalue weighted by molar-refractivity contribution is -0.130. The van der Waals surface area contributed by atoms with Gasteiger partial charge in [0.1, 0.15) is 22.6 Å². The Balaban J connectivity index is 2.09. The number of hydrogen-bond donors (Lipinski definition) is 1. The number of hydrogen-bond acceptors (Lipinski definition) is 6. The van der Waals surface area contributed by atoms with Gasteiger partial charge in [0.25, 0.3) is 5.91 Å². The number of carbonyl (C=O) groups excluding carboxylic acids is 2. The number of carbonyl (C=O) groups is 2. The van der Waals surface area contributed by atoms with Crippen molar-refractivity contribution in [1.82, 2.24) is 5.32 Å². The van der Waals surface area contributed by atoms with E-state index in [4.69, 9.17) is 14.2 Å². The summed E-state index contributed by atoms with van der Waals surface area (Å²) in [6.45, 7) is 1.48. The van der Waals surface area contributed by atoms with Crippen LogP contribution in [0.3, 0.4) is 0 Å². The third-order valence-electron chi connectivity index (χ3n) is 4.57. The second kappa shape index (κ2) is 8.56. The van der Waals surface area contributed by atoms with Crippen molar-refractivity contribution in [1.29, 1.82) is 5.26 Å². The molecule has 0 bridgehead atoms. The number of amides is 1. The average molecular weight is 360 g/mol. The molecule has 2 rings (SSSR count). The fraction of sp³-hybridized carbons (Fsp3) is 0.526. The number of nitrogens with zero attached hydrogens (tertiary/aromatic N) is 1. The summed E-state index contributed by atoms with van der Waals surface area (Å²) < 4.78 is 15.7. The molecule has 1 amide bonds. The summed E-state index contributed by atoms with van der Waals surface area (Å²) in [6, 6.07) is 7.11. The average Bonchev–Trinajstić information content (AvgIpc) is 2.67. The van der Waals surface area contributed by atoms with Gasteiger partial charge in [-0.3, -0.25) is 4.79 Å². The Kier molecular flexibility index (Phi) is 6.45. The van der Waals surface area contributed by atoms with Crippen molar-refractivity contribution in [2.45, 2.75) is 50.7 Å². The lowest BCUT2D eigenvalue weighted by Gasteiger charge is -2.32. The molecular weight excluding hydrogens is 336 g/mol. The Labute approximate surface area is 153 Å². The number of nitrogens with one attached hydrogen (secondary N) is 1. The number of benzene rings is 1. The zero-order valence-electron chi connectivity index (χ0n) is 15.3. The van der Waals surface area contributed by atoms with Gasteiger partial charge in [-0.25, -0.2) is 4.79 Å². The first-order chi connectivity index (χ1) is 12.5. The van der Waals surface area contributed by atoms with Crippen molar-refractivity contribution in [3.8, 4) is 17.6 Å². The van der Waals surface area contributed by atoms with Crippen LogP contribution in [0.25, 0.3) is 0 Å². The molecule has 0 aliphatic heterocycles. The van der Waals surface area contributed by atoms with Gasteiger partial charge in [-0.2, -0.15) is 5.26 Å². The molecule has 0 heterocycles. The minimum atomic E-state index is -1.05. The van der Waals surface area contributed by atoms with Gasteiger partial charge in [-0.15, -0.1) is 0 Å². The lowest BCUT2D eigenvalue weighted by atomic mass is 9.83. The van der Waals surface area contributed by atoms with E-state index in [-0.39, 0.29) is 5.56 Å². The minimum Gasteiger partial charge on any atom is -0.496 e. The van der Waals surface area contributed by atoms with Crippen molar-refractivity contribution < 1.29 is 23.8 Å². The minimum absolute atomic E-state index is 0.116. The molecule has 1 saturated carbocycles. The highest BCUT2D eigenvalue weighted by Gasteiger charge is 2.35. The number of ether oxygens (including phenoxy) is 3. The van der Waals surface area contributed by atoms with Crippen LogP contribution in [0, 0.1) is 11.3 Å². The van der Waals surface area contributed by atoms with Crippen LogP contribution >= 0.6 is 0 Å². The zero-order chi connectivity index (χ0) is 19.2. The predicted octanol–water partition coefficient (Wildman–Crippen LogP) is 2.59. The van der Waals surface area contributed by atoms with E-state index in [0.29, 0.717) is 24.3 Å². The molecule has 1 N–H and O–H groups in total. The van der Waals surface area contributed by atoms with Gasteiger partial charge in [0.05, 0.1) is 20.3 Å². The first kappa shape index (κ1) is 19.6. The monoisotopic (exact) mass is 360 g/mol. The second-order valence-electron chi connectivity index (χ2n) is 6.33. The zero-order valence-corrected chi connectivity index (χ0v) is 15.3. The number of esters is 1. The molecule has 7 nitrogen and oxygen atoms in total. The van der Waals surface area contributed by atoms with E-state index in [2.05, 4.69) is 11.4 Å². The summed E-state index contributed by atoms with van der Waals surface area (Å²) in [7, 11) is 2.86. The molecule has 0 spiro atoms. The number of methoxy groups -OCH3 is 2. The standard InChI is InChI=1S/C19H24N2O5/c1-13(17(22)21-19(12-20)10-5-4-6-11-19)26-18(23)16-14(24-2)8-7-9-15(16)25-3/h7-9,13H,4-6,10-11H2,1-3H3,(H,21,22)/t13-/m1/s1. The van der Waals surface area contributed by atoms with E-state index in [1.165, 1.54) is 21.1 Å². The molecule has 1 aromatic rings. The van der Waals surface area contributed by atoms with Gasteiger partial charge in [0.2, 0.25) is 0 Å². The SMILES string of the molecule is COc1cccc(OC)c1C(=O)O[C@H](C)C(=O)NC1(C#N)CCCCC1. The molecule has 0 radical (unpaired) electrons. The molecule has 1 aromatic carbocycles. The third kappa shape index (κ3) is 4.26. The van der Waals surface area contributed by atoms with E-state index in [0.717, 1.165) is 19.3 Å². The van der Waals surface area contributed by atoms with Crippen molar-refractivity contribution >= 4 is 11.9 Å². The smallest absolute Gasteiger partial charge is 0.346 e. The van der Waals surface area contributed by atoms with Crippen molar-refractivity contribution in [3.05, 3.63) is 23.8 Å². The van der Waals surface area contributed by atoms with Crippen molar-refractivity contribution in [3.63, 3.8) is 0 Å². The van der Waals surface area contributed by atoms with Gasteiger partial charge in [-0.05, 0) is 31.9 Å². The van der Waals surface area contributed by atoms with E-state index in [1.54, 1.807) is 18.2 Å². The topological polar surface area (TPSA) is 97.7 Å². The summed E-state index contributed by atoms with van der Waals surface area (Å²) in [4.78, 5) is 25.0. The number of rotatable bonds is 6. The fourth-order valence-corrected chi connectivity index (χ4v) is 3.08. The Hall–Kier alpha value is -2.75. The van der Waals surface area contributed by atoms with Crippen LogP contribution in [-0.2, 0) is 9.53 Å². The number of nitriles is 1. The first-order valence-corrected chi connectivity index (χ1v) is 8.61. The molecule has 1 fully saturated rings. The maximum atomic E-state index is 12.5. The molecule has 26 heavy (non-hydrogen) atoms. The van der Waals surface area contributed by atoms with Crippen LogP contribution in [0.4, 0.5) is 0 Å². The highest BCUT2D eigenvalue weighted by Crippen LogP contribution is 2.30. The molecule has 140 valence electrons. The van der Waals surface area contributed by atoms with Crippen LogP contribution in [0.1, 0.15) is 49.4 Å². The van der Waals surface area contributed by atoms with Crippen LogP contribution in [-0.4, -0.2) is 37.7 Å². The fourth-order valence-electron chi connectivity index (χ4n) is 3.08. The van der Waals surface area contributed by atoms with Gasteiger partial charge in [0.15, 0.2) is 6.10 Å². The van der Waals surface area contributed by atoms with E-state index < -0.39 is 23.5 Å². The highest BCUT2D eigenvalue weighted by atomic mass is 16.6. The van der Waals surface area contributed by atoms with Gasteiger partial charge in [-0.1, -0.05) is 25.3 Å². The Morgan fingerprint density at radius 1 is 1.15 bits per heavy atom. The maximum Gasteiger partial charge on any atom is 0.346 e. The van der Waals surface area contributed by atoms with E-state index in [1.807, 2.05) is 0 Å². The highest BCUT2D eigenvalue weighted by molar-refractivity contribution is 5.97. The predicted molar refractivity (Wildman–Crippen MR) is 94.0 cm³/mol. The molecule has 0 saturated heterocycles. The molecule has 1 aliphatic carbocycles. The normalized spacial score (nSPS) is 16.7. The first-order valence-electron chi connectivity index (χ1n) is 8.61. The summed E-state index contributed by atoms with van der Waals surface area (Å²) in [5, 5.41) is 12.2. The lowest BCUT2D eigenvalue weighted by Crippen LogP contribution is -2.52. The Bertz CT molecular complexity index is 682. The third-order valence-corrected chi connectivity index (χ3v) is 4.57. The van der Waals surface area contributed by atoms with Crippen LogP contribution < -0.4 is 14.8 Å². The van der Waals surface area contributed by atoms with Crippen molar-refractivity contribution in [2.75, 3.05) is 14.2 Å². The van der Waals surface area contributed by atoms with Gasteiger partial charge in [0, 0.05) is 0 Å². The Morgan fingerprint density at radius 2 is 1.73 bits per heavy atom. The largest absolute Gasteiger partial charge is 0.496 e. The second-order valence-corrected chi connectivity index (χ2v) is 6.33. The summed E-state index contributed by atoms with van der Waals surface area (Å²) >= 11 is 0. The summed E-state index contributed by atoms with van der Waals surface area (Å²) in [6.07, 6.45) is 2.99. The molecule has 0 aromatic heterocycles. The van der Waals surface area contributed by atoms with Crippen molar-refractivity contribution in [2.24, 2.45) is 0 Å². The van der Waals surface area contributed by atoms with Gasteiger partial charge >= 0.3 is 5.97 Å². The molecular formula is C19H24N2O5. The van der Waals surface area contributed by atoms with Crippen LogP contribution in [0.5, 0.6) is 11.5 Å². The van der Waals surface area contributed by atoms with E-state index in [9.17, 15) is 14.9 Å². The molecule has 1 aliphatic rings. The summed E-state index contributed by atoms with van der Waals surface area (Å²) in [5.41, 5.74) is -0.761. The van der Waals surface area contributed by atoms with Crippen LogP contribution in [0.2, 0.25) is 0 Å². The molecule has 0 unspecified atom stereocenters. The van der Waals surface area contributed by atoms with Gasteiger partial charge < -0.3 is 19.5 Å². The Morgan fingerprint density at radius 3 is 2.23 bits per heavy atom. The van der Waals surface area contributed by atoms with E-state index >= 15 is 0 Å². The molecule has 1 atom stereocenters. The van der Waals surface area contributed by atoms with Crippen LogP contribution in [0.15, 0.2) is 18.2 Å². The quantitative estimate of drug-likeness (QED) is 0.783. The maximum absolute atomic E-state index is 12.5.